The summed E-state index contributed by atoms with van der Waals surface area (Å²) in [5.41, 5.74) is 1.01. The van der Waals surface area contributed by atoms with Gasteiger partial charge in [0.15, 0.2) is 5.75 Å². The Bertz CT molecular complexity index is 1270. The lowest BCUT2D eigenvalue weighted by molar-refractivity contribution is 0.183. The van der Waals surface area contributed by atoms with Crippen molar-refractivity contribution in [3.8, 4) is 39.2 Å². The van der Waals surface area contributed by atoms with Crippen LogP contribution in [0.4, 0.5) is 0 Å². The van der Waals surface area contributed by atoms with Gasteiger partial charge in [-0.05, 0) is 98.2 Å². The van der Waals surface area contributed by atoms with E-state index in [1.807, 2.05) is 54.6 Å². The molecule has 0 aliphatic carbocycles. The van der Waals surface area contributed by atoms with Crippen molar-refractivity contribution in [3.05, 3.63) is 79.6 Å². The monoisotopic (exact) mass is 487 g/mol. The minimum atomic E-state index is 0.234. The van der Waals surface area contributed by atoms with E-state index in [-0.39, 0.29) is 5.75 Å². The van der Waals surface area contributed by atoms with E-state index in [1.54, 1.807) is 23.5 Å². The molecule has 5 rings (SSSR count). The average Bonchev–Trinajstić information content (AvgIpc) is 3.23. The fourth-order valence-corrected chi connectivity index (χ4v) is 5.50. The molecule has 3 aromatic carbocycles. The SMILES string of the molecule is C=COc1ccc(-c2sc3cc(O)ccc3c2Oc2ccc(OCCN3CCCCC3)cc2)cc1. The second kappa shape index (κ2) is 10.8. The summed E-state index contributed by atoms with van der Waals surface area (Å²) in [5, 5.41) is 10.9. The number of likely N-dealkylation sites (tertiary alicyclic amines) is 1. The summed E-state index contributed by atoms with van der Waals surface area (Å²) >= 11 is 1.58. The lowest BCUT2D eigenvalue weighted by Crippen LogP contribution is -2.33. The number of fused-ring (bicyclic) bond motifs is 1. The van der Waals surface area contributed by atoms with Gasteiger partial charge >= 0.3 is 0 Å². The highest BCUT2D eigenvalue weighted by Gasteiger charge is 2.17. The number of rotatable bonds is 9. The molecular formula is C29H29NO4S. The number of aromatic hydroxyl groups is 1. The normalized spacial score (nSPS) is 14.1. The van der Waals surface area contributed by atoms with E-state index in [9.17, 15) is 5.11 Å². The van der Waals surface area contributed by atoms with Crippen molar-refractivity contribution < 1.29 is 19.3 Å². The van der Waals surface area contributed by atoms with E-state index in [0.29, 0.717) is 6.61 Å². The summed E-state index contributed by atoms with van der Waals surface area (Å²) in [7, 11) is 0. The number of hydrogen-bond acceptors (Lipinski definition) is 6. The zero-order chi connectivity index (χ0) is 24.0. The predicted octanol–water partition coefficient (Wildman–Crippen LogP) is 7.45. The van der Waals surface area contributed by atoms with Crippen LogP contribution >= 0.6 is 11.3 Å². The number of phenols is 1. The third-order valence-corrected chi connectivity index (χ3v) is 7.32. The van der Waals surface area contributed by atoms with Gasteiger partial charge in [-0.3, -0.25) is 4.90 Å². The van der Waals surface area contributed by atoms with Gasteiger partial charge in [0.05, 0.1) is 11.1 Å². The molecule has 5 nitrogen and oxygen atoms in total. The summed E-state index contributed by atoms with van der Waals surface area (Å²) in [5.74, 6) is 3.29. The van der Waals surface area contributed by atoms with Gasteiger partial charge in [-0.15, -0.1) is 11.3 Å². The van der Waals surface area contributed by atoms with Crippen LogP contribution < -0.4 is 14.2 Å². The minimum Gasteiger partial charge on any atom is -0.508 e. The molecule has 0 amide bonds. The minimum absolute atomic E-state index is 0.234. The maximum Gasteiger partial charge on any atom is 0.153 e. The molecule has 0 spiro atoms. The van der Waals surface area contributed by atoms with Crippen LogP contribution in [0.2, 0.25) is 0 Å². The molecule has 1 N–H and O–H groups in total. The van der Waals surface area contributed by atoms with Crippen molar-refractivity contribution in [2.75, 3.05) is 26.2 Å². The van der Waals surface area contributed by atoms with E-state index >= 15 is 0 Å². The first-order valence-electron chi connectivity index (χ1n) is 12.0. The highest BCUT2D eigenvalue weighted by Crippen LogP contribution is 2.47. The zero-order valence-corrected chi connectivity index (χ0v) is 20.4. The van der Waals surface area contributed by atoms with Crippen LogP contribution in [0.3, 0.4) is 0 Å². The number of phenolic OH excluding ortho intramolecular Hbond substituents is 1. The lowest BCUT2D eigenvalue weighted by Gasteiger charge is -2.26. The average molecular weight is 488 g/mol. The number of nitrogens with zero attached hydrogens (tertiary/aromatic N) is 1. The summed E-state index contributed by atoms with van der Waals surface area (Å²) in [6.45, 7) is 7.61. The van der Waals surface area contributed by atoms with Crippen molar-refractivity contribution >= 4 is 21.4 Å². The second-order valence-electron chi connectivity index (χ2n) is 8.57. The molecular weight excluding hydrogens is 458 g/mol. The standard InChI is InChI=1S/C29H29NO4S/c1-2-32-23-9-6-21(7-10-23)29-28(26-15-8-22(31)20-27(26)35-29)34-25-13-11-24(12-14-25)33-19-18-30-16-4-3-5-17-30/h2,6-15,20,31H,1,3-5,16-19H2. The van der Waals surface area contributed by atoms with Crippen molar-refractivity contribution in [3.63, 3.8) is 0 Å². The summed E-state index contributed by atoms with van der Waals surface area (Å²) in [4.78, 5) is 3.45. The number of benzene rings is 3. The zero-order valence-electron chi connectivity index (χ0n) is 19.6. The van der Waals surface area contributed by atoms with E-state index in [1.165, 1.54) is 38.6 Å². The molecule has 0 saturated carbocycles. The maximum absolute atomic E-state index is 9.99. The third-order valence-electron chi connectivity index (χ3n) is 6.13. The molecule has 35 heavy (non-hydrogen) atoms. The molecule has 180 valence electrons. The van der Waals surface area contributed by atoms with Crippen LogP contribution in [-0.4, -0.2) is 36.2 Å². The van der Waals surface area contributed by atoms with Gasteiger partial charge in [-0.25, -0.2) is 0 Å². The van der Waals surface area contributed by atoms with E-state index in [0.717, 1.165) is 50.1 Å². The van der Waals surface area contributed by atoms with E-state index < -0.39 is 0 Å². The second-order valence-corrected chi connectivity index (χ2v) is 9.63. The van der Waals surface area contributed by atoms with Crippen LogP contribution in [0.5, 0.6) is 28.7 Å². The Morgan fingerprint density at radius 2 is 1.60 bits per heavy atom. The Hall–Kier alpha value is -3.48. The molecule has 1 aliphatic rings. The Morgan fingerprint density at radius 3 is 2.34 bits per heavy atom. The molecule has 0 bridgehead atoms. The Kier molecular flexibility index (Phi) is 7.21. The summed E-state index contributed by atoms with van der Waals surface area (Å²) in [6, 6.07) is 20.9. The number of thiophene rings is 1. The largest absolute Gasteiger partial charge is 0.508 e. The van der Waals surface area contributed by atoms with E-state index in [4.69, 9.17) is 14.2 Å². The van der Waals surface area contributed by atoms with Gasteiger partial charge in [-0.2, -0.15) is 0 Å². The molecule has 0 atom stereocenters. The first-order valence-corrected chi connectivity index (χ1v) is 12.8. The Balaban J connectivity index is 1.34. The van der Waals surface area contributed by atoms with Gasteiger partial charge in [-0.1, -0.05) is 13.0 Å². The first-order chi connectivity index (χ1) is 17.2. The summed E-state index contributed by atoms with van der Waals surface area (Å²) in [6.07, 6.45) is 5.33. The van der Waals surface area contributed by atoms with Crippen LogP contribution in [0.1, 0.15) is 19.3 Å². The molecule has 2 heterocycles. The Morgan fingerprint density at radius 1 is 0.886 bits per heavy atom. The van der Waals surface area contributed by atoms with Gasteiger partial charge < -0.3 is 19.3 Å². The van der Waals surface area contributed by atoms with Crippen molar-refractivity contribution in [2.45, 2.75) is 19.3 Å². The molecule has 1 aromatic heterocycles. The number of piperidine rings is 1. The van der Waals surface area contributed by atoms with Crippen molar-refractivity contribution in [1.29, 1.82) is 0 Å². The predicted molar refractivity (Wildman–Crippen MR) is 142 cm³/mol. The topological polar surface area (TPSA) is 51.2 Å². The van der Waals surface area contributed by atoms with E-state index in [2.05, 4.69) is 11.5 Å². The van der Waals surface area contributed by atoms with Gasteiger partial charge in [0.25, 0.3) is 0 Å². The van der Waals surface area contributed by atoms with Crippen LogP contribution in [0, 0.1) is 0 Å². The van der Waals surface area contributed by atoms with Gasteiger partial charge in [0.2, 0.25) is 0 Å². The molecule has 1 saturated heterocycles. The fraction of sp³-hybridized carbons (Fsp3) is 0.241. The summed E-state index contributed by atoms with van der Waals surface area (Å²) < 4.78 is 18.7. The maximum atomic E-state index is 9.99. The molecule has 0 radical (unpaired) electrons. The first kappa shape index (κ1) is 23.3. The molecule has 0 unspecified atom stereocenters. The quantitative estimate of drug-likeness (QED) is 0.248. The van der Waals surface area contributed by atoms with Crippen LogP contribution in [0.25, 0.3) is 20.5 Å². The number of hydrogen-bond donors (Lipinski definition) is 1. The highest BCUT2D eigenvalue weighted by molar-refractivity contribution is 7.22. The highest BCUT2D eigenvalue weighted by atomic mass is 32.1. The molecule has 6 heteroatoms. The number of ether oxygens (including phenoxy) is 3. The molecule has 1 aliphatic heterocycles. The van der Waals surface area contributed by atoms with Crippen LogP contribution in [0.15, 0.2) is 79.6 Å². The molecule has 4 aromatic rings. The molecule has 1 fully saturated rings. The van der Waals surface area contributed by atoms with Crippen LogP contribution in [-0.2, 0) is 0 Å². The lowest BCUT2D eigenvalue weighted by atomic mass is 10.1. The van der Waals surface area contributed by atoms with Gasteiger partial charge in [0, 0.05) is 16.6 Å². The van der Waals surface area contributed by atoms with Crippen molar-refractivity contribution in [2.24, 2.45) is 0 Å². The van der Waals surface area contributed by atoms with Crippen molar-refractivity contribution in [1.82, 2.24) is 4.90 Å². The Labute approximate surface area is 209 Å². The smallest absolute Gasteiger partial charge is 0.153 e. The fourth-order valence-electron chi connectivity index (χ4n) is 4.33. The third kappa shape index (κ3) is 5.61. The van der Waals surface area contributed by atoms with Gasteiger partial charge in [0.1, 0.15) is 29.6 Å².